The van der Waals surface area contributed by atoms with Gasteiger partial charge in [-0.25, -0.2) is 9.37 Å². The van der Waals surface area contributed by atoms with Crippen LogP contribution in [0.15, 0.2) is 58.5 Å². The quantitative estimate of drug-likeness (QED) is 0.513. The lowest BCUT2D eigenvalue weighted by Crippen LogP contribution is -2.11. The maximum atomic E-state index is 14.2. The highest BCUT2D eigenvalue weighted by atomic mass is 32.2. The first-order valence-corrected chi connectivity index (χ1v) is 9.83. The highest BCUT2D eigenvalue weighted by molar-refractivity contribution is 7.98. The molecule has 2 aromatic heterocycles. The molecule has 0 unspecified atom stereocenters. The molecular weight excluding hydrogens is 377 g/mol. The predicted octanol–water partition coefficient (Wildman–Crippen LogP) is 4.19. The normalized spacial score (nSPS) is 11.4. The van der Waals surface area contributed by atoms with Crippen LogP contribution in [0.3, 0.4) is 0 Å². The fourth-order valence-corrected chi connectivity index (χ4v) is 3.94. The van der Waals surface area contributed by atoms with Crippen LogP contribution in [-0.2, 0) is 5.75 Å². The van der Waals surface area contributed by atoms with E-state index in [4.69, 9.17) is 0 Å². The van der Waals surface area contributed by atoms with E-state index in [9.17, 15) is 9.18 Å². The molecule has 0 amide bonds. The molecule has 0 atom stereocenters. The highest BCUT2D eigenvalue weighted by Gasteiger charge is 2.19. The smallest absolute Gasteiger partial charge is 0.258 e. The second kappa shape index (κ2) is 7.55. The SMILES string of the molecule is CC(C)n1c(SCc2nc3ccccc3c(=O)[nH]2)nnc1-c1ccccc1F. The Morgan fingerprint density at radius 1 is 1.11 bits per heavy atom. The van der Waals surface area contributed by atoms with E-state index in [0.717, 1.165) is 0 Å². The van der Waals surface area contributed by atoms with E-state index in [0.29, 0.717) is 39.0 Å². The van der Waals surface area contributed by atoms with Gasteiger partial charge in [-0.3, -0.25) is 9.36 Å². The summed E-state index contributed by atoms with van der Waals surface area (Å²) in [6.07, 6.45) is 0. The number of benzene rings is 2. The van der Waals surface area contributed by atoms with Crippen LogP contribution in [0.4, 0.5) is 4.39 Å². The average molecular weight is 395 g/mol. The van der Waals surface area contributed by atoms with Crippen LogP contribution >= 0.6 is 11.8 Å². The van der Waals surface area contributed by atoms with E-state index in [2.05, 4.69) is 20.2 Å². The van der Waals surface area contributed by atoms with E-state index >= 15 is 0 Å². The molecule has 8 heteroatoms. The lowest BCUT2D eigenvalue weighted by molar-refractivity contribution is 0.551. The lowest BCUT2D eigenvalue weighted by atomic mass is 10.2. The molecule has 0 saturated heterocycles. The number of nitrogens with one attached hydrogen (secondary N) is 1. The van der Waals surface area contributed by atoms with Gasteiger partial charge in [0.2, 0.25) is 0 Å². The van der Waals surface area contributed by atoms with Crippen LogP contribution in [0.1, 0.15) is 25.7 Å². The van der Waals surface area contributed by atoms with Crippen molar-refractivity contribution in [3.8, 4) is 11.4 Å². The Balaban J connectivity index is 1.66. The zero-order chi connectivity index (χ0) is 19.7. The van der Waals surface area contributed by atoms with Crippen molar-refractivity contribution in [2.75, 3.05) is 0 Å². The second-order valence-corrected chi connectivity index (χ2v) is 7.51. The number of thioether (sulfide) groups is 1. The number of aromatic amines is 1. The average Bonchev–Trinajstić information content (AvgIpc) is 3.11. The Bertz CT molecular complexity index is 1200. The van der Waals surface area contributed by atoms with Gasteiger partial charge in [0.15, 0.2) is 11.0 Å². The highest BCUT2D eigenvalue weighted by Crippen LogP contribution is 2.30. The molecule has 0 radical (unpaired) electrons. The monoisotopic (exact) mass is 395 g/mol. The van der Waals surface area contributed by atoms with Gasteiger partial charge < -0.3 is 4.98 Å². The number of rotatable bonds is 5. The van der Waals surface area contributed by atoms with Gasteiger partial charge in [0.25, 0.3) is 5.56 Å². The molecular formula is C20H18FN5OS. The summed E-state index contributed by atoms with van der Waals surface area (Å²) in [5, 5.41) is 9.65. The Hall–Kier alpha value is -3.00. The molecule has 28 heavy (non-hydrogen) atoms. The fourth-order valence-electron chi connectivity index (χ4n) is 3.00. The first kappa shape index (κ1) is 18.4. The van der Waals surface area contributed by atoms with Crippen LogP contribution in [0.25, 0.3) is 22.3 Å². The molecule has 6 nitrogen and oxygen atoms in total. The summed E-state index contributed by atoms with van der Waals surface area (Å²) in [7, 11) is 0. The molecule has 1 N–H and O–H groups in total. The molecule has 0 aliphatic carbocycles. The zero-order valence-corrected chi connectivity index (χ0v) is 16.2. The molecule has 4 rings (SSSR count). The molecule has 2 aromatic carbocycles. The Morgan fingerprint density at radius 3 is 2.64 bits per heavy atom. The van der Waals surface area contributed by atoms with Crippen molar-refractivity contribution in [3.05, 3.63) is 70.5 Å². The van der Waals surface area contributed by atoms with E-state index < -0.39 is 0 Å². The minimum absolute atomic E-state index is 0.0377. The van der Waals surface area contributed by atoms with Crippen molar-refractivity contribution in [3.63, 3.8) is 0 Å². The Kier molecular flexibility index (Phi) is 4.95. The summed E-state index contributed by atoms with van der Waals surface area (Å²) >= 11 is 1.40. The van der Waals surface area contributed by atoms with E-state index in [1.54, 1.807) is 24.3 Å². The third kappa shape index (κ3) is 3.43. The lowest BCUT2D eigenvalue weighted by Gasteiger charge is -2.14. The molecule has 0 fully saturated rings. The van der Waals surface area contributed by atoms with Crippen LogP contribution in [-0.4, -0.2) is 24.7 Å². The number of nitrogens with zero attached hydrogens (tertiary/aromatic N) is 4. The zero-order valence-electron chi connectivity index (χ0n) is 15.4. The van der Waals surface area contributed by atoms with Crippen LogP contribution in [0, 0.1) is 5.82 Å². The van der Waals surface area contributed by atoms with E-state index in [1.807, 2.05) is 36.6 Å². The molecule has 4 aromatic rings. The first-order chi connectivity index (χ1) is 13.5. The third-order valence-corrected chi connectivity index (χ3v) is 5.25. The number of halogens is 1. The van der Waals surface area contributed by atoms with Gasteiger partial charge in [-0.05, 0) is 38.1 Å². The van der Waals surface area contributed by atoms with Gasteiger partial charge >= 0.3 is 0 Å². The summed E-state index contributed by atoms with van der Waals surface area (Å²) < 4.78 is 16.1. The fraction of sp³-hybridized carbons (Fsp3) is 0.200. The molecule has 142 valence electrons. The van der Waals surface area contributed by atoms with Crippen molar-refractivity contribution >= 4 is 22.7 Å². The van der Waals surface area contributed by atoms with E-state index in [-0.39, 0.29) is 17.4 Å². The maximum absolute atomic E-state index is 14.2. The van der Waals surface area contributed by atoms with Crippen LogP contribution in [0.5, 0.6) is 0 Å². The molecule has 0 aliphatic heterocycles. The predicted molar refractivity (Wildman–Crippen MR) is 108 cm³/mol. The van der Waals surface area contributed by atoms with Crippen molar-refractivity contribution in [1.29, 1.82) is 0 Å². The summed E-state index contributed by atoms with van der Waals surface area (Å²) in [6, 6.07) is 13.8. The maximum Gasteiger partial charge on any atom is 0.258 e. The van der Waals surface area contributed by atoms with Crippen molar-refractivity contribution in [2.45, 2.75) is 30.8 Å². The first-order valence-electron chi connectivity index (χ1n) is 8.85. The van der Waals surface area contributed by atoms with Crippen LogP contribution < -0.4 is 5.56 Å². The topological polar surface area (TPSA) is 76.5 Å². The van der Waals surface area contributed by atoms with Gasteiger partial charge in [-0.1, -0.05) is 36.0 Å². The molecule has 0 saturated carbocycles. The number of hydrogen-bond donors (Lipinski definition) is 1. The summed E-state index contributed by atoms with van der Waals surface area (Å²) in [4.78, 5) is 19.6. The largest absolute Gasteiger partial charge is 0.309 e. The number of aromatic nitrogens is 5. The van der Waals surface area contributed by atoms with Gasteiger partial charge in [0.05, 0.1) is 22.2 Å². The third-order valence-electron chi connectivity index (χ3n) is 4.30. The van der Waals surface area contributed by atoms with Gasteiger partial charge in [0.1, 0.15) is 11.6 Å². The van der Waals surface area contributed by atoms with Gasteiger partial charge in [-0.15, -0.1) is 10.2 Å². The Labute approximate surface area is 164 Å². The number of fused-ring (bicyclic) bond motifs is 1. The summed E-state index contributed by atoms with van der Waals surface area (Å²) in [5.41, 5.74) is 0.894. The van der Waals surface area contributed by atoms with Gasteiger partial charge in [-0.2, -0.15) is 0 Å². The minimum Gasteiger partial charge on any atom is -0.309 e. The summed E-state index contributed by atoms with van der Waals surface area (Å²) in [6.45, 7) is 3.99. The second-order valence-electron chi connectivity index (χ2n) is 6.57. The Morgan fingerprint density at radius 2 is 1.86 bits per heavy atom. The number of para-hydroxylation sites is 1. The standard InChI is InChI=1S/C20H18FN5OS/c1-12(2)26-18(13-7-3-5-9-15(13)21)24-25-20(26)28-11-17-22-16-10-6-4-8-14(16)19(27)23-17/h3-10,12H,11H2,1-2H3,(H,22,23,27). The molecule has 0 bridgehead atoms. The molecule has 0 spiro atoms. The van der Waals surface area contributed by atoms with Crippen molar-refractivity contribution in [1.82, 2.24) is 24.7 Å². The van der Waals surface area contributed by atoms with E-state index in [1.165, 1.54) is 17.8 Å². The van der Waals surface area contributed by atoms with Gasteiger partial charge in [0, 0.05) is 6.04 Å². The van der Waals surface area contributed by atoms with Crippen molar-refractivity contribution < 1.29 is 4.39 Å². The number of H-pyrrole nitrogens is 1. The minimum atomic E-state index is -0.339. The molecule has 2 heterocycles. The van der Waals surface area contributed by atoms with Crippen molar-refractivity contribution in [2.24, 2.45) is 0 Å². The van der Waals surface area contributed by atoms with Crippen LogP contribution in [0.2, 0.25) is 0 Å². The molecule has 0 aliphatic rings. The summed E-state index contributed by atoms with van der Waals surface area (Å²) in [5.74, 6) is 1.12. The number of hydrogen-bond acceptors (Lipinski definition) is 5.